The van der Waals surface area contributed by atoms with Crippen molar-refractivity contribution in [2.45, 2.75) is 20.8 Å². The standard InChI is InChI=1S/C14H21NO5/c1-5-18-11-8-10(14(16)15-17-4)9-12(19-6-2)13(11)20-7-3/h8-9H,5-7H2,1-4H3,(H,15,16). The van der Waals surface area contributed by atoms with Crippen LogP contribution in [0, 0.1) is 0 Å². The lowest BCUT2D eigenvalue weighted by Crippen LogP contribution is -2.22. The van der Waals surface area contributed by atoms with Crippen LogP contribution in [0.15, 0.2) is 12.1 Å². The molecule has 112 valence electrons. The molecular formula is C14H21NO5. The van der Waals surface area contributed by atoms with E-state index in [1.54, 1.807) is 12.1 Å². The number of nitrogens with one attached hydrogen (secondary N) is 1. The molecule has 0 atom stereocenters. The molecule has 0 heterocycles. The third kappa shape index (κ3) is 4.03. The summed E-state index contributed by atoms with van der Waals surface area (Å²) in [5.41, 5.74) is 2.64. The van der Waals surface area contributed by atoms with Crippen molar-refractivity contribution in [2.24, 2.45) is 0 Å². The molecule has 0 saturated heterocycles. The van der Waals surface area contributed by atoms with Crippen LogP contribution in [0.25, 0.3) is 0 Å². The van der Waals surface area contributed by atoms with Gasteiger partial charge in [-0.1, -0.05) is 0 Å². The van der Waals surface area contributed by atoms with E-state index in [0.717, 1.165) is 0 Å². The Morgan fingerprint density at radius 3 is 1.90 bits per heavy atom. The average Bonchev–Trinajstić information content (AvgIpc) is 2.43. The van der Waals surface area contributed by atoms with E-state index in [4.69, 9.17) is 14.2 Å². The van der Waals surface area contributed by atoms with E-state index in [0.29, 0.717) is 42.6 Å². The molecule has 0 aliphatic rings. The summed E-state index contributed by atoms with van der Waals surface area (Å²) in [5.74, 6) is 1.07. The first-order valence-corrected chi connectivity index (χ1v) is 6.57. The zero-order chi connectivity index (χ0) is 15.0. The molecule has 0 aliphatic heterocycles. The van der Waals surface area contributed by atoms with E-state index in [1.807, 2.05) is 20.8 Å². The van der Waals surface area contributed by atoms with Gasteiger partial charge in [0.25, 0.3) is 5.91 Å². The second-order valence-corrected chi connectivity index (χ2v) is 3.74. The highest BCUT2D eigenvalue weighted by atomic mass is 16.6. The Labute approximate surface area is 118 Å². The summed E-state index contributed by atoms with van der Waals surface area (Å²) in [6.07, 6.45) is 0. The number of carbonyl (C=O) groups excluding carboxylic acids is 1. The molecular weight excluding hydrogens is 262 g/mol. The van der Waals surface area contributed by atoms with Gasteiger partial charge >= 0.3 is 0 Å². The van der Waals surface area contributed by atoms with Crippen LogP contribution in [0.5, 0.6) is 17.2 Å². The maximum Gasteiger partial charge on any atom is 0.275 e. The number of hydrogen-bond acceptors (Lipinski definition) is 5. The van der Waals surface area contributed by atoms with Crippen LogP contribution in [-0.4, -0.2) is 32.8 Å². The van der Waals surface area contributed by atoms with Gasteiger partial charge in [-0.25, -0.2) is 5.48 Å². The minimum atomic E-state index is -0.377. The molecule has 1 N–H and O–H groups in total. The van der Waals surface area contributed by atoms with Gasteiger partial charge in [0, 0.05) is 5.56 Å². The lowest BCUT2D eigenvalue weighted by molar-refractivity contribution is 0.0536. The van der Waals surface area contributed by atoms with Crippen LogP contribution in [0.1, 0.15) is 31.1 Å². The largest absolute Gasteiger partial charge is 0.490 e. The average molecular weight is 283 g/mol. The fourth-order valence-electron chi connectivity index (χ4n) is 1.67. The summed E-state index contributed by atoms with van der Waals surface area (Å²) < 4.78 is 16.6. The van der Waals surface area contributed by atoms with Crippen molar-refractivity contribution in [3.63, 3.8) is 0 Å². The van der Waals surface area contributed by atoms with Crippen LogP contribution >= 0.6 is 0 Å². The lowest BCUT2D eigenvalue weighted by Gasteiger charge is -2.16. The van der Waals surface area contributed by atoms with Gasteiger partial charge in [0.2, 0.25) is 5.75 Å². The summed E-state index contributed by atoms with van der Waals surface area (Å²) >= 11 is 0. The summed E-state index contributed by atoms with van der Waals surface area (Å²) in [5, 5.41) is 0. The lowest BCUT2D eigenvalue weighted by atomic mass is 10.1. The normalized spacial score (nSPS) is 10.0. The summed E-state index contributed by atoms with van der Waals surface area (Å²) in [7, 11) is 1.37. The fraction of sp³-hybridized carbons (Fsp3) is 0.500. The first-order valence-electron chi connectivity index (χ1n) is 6.57. The molecule has 6 nitrogen and oxygen atoms in total. The zero-order valence-electron chi connectivity index (χ0n) is 12.3. The van der Waals surface area contributed by atoms with Crippen molar-refractivity contribution in [2.75, 3.05) is 26.9 Å². The highest BCUT2D eigenvalue weighted by Gasteiger charge is 2.18. The Morgan fingerprint density at radius 1 is 1.00 bits per heavy atom. The van der Waals surface area contributed by atoms with Gasteiger partial charge in [-0.2, -0.15) is 0 Å². The minimum Gasteiger partial charge on any atom is -0.490 e. The third-order valence-corrected chi connectivity index (χ3v) is 2.37. The molecule has 0 aromatic heterocycles. The molecule has 0 saturated carbocycles. The Balaban J connectivity index is 3.25. The predicted molar refractivity (Wildman–Crippen MR) is 74.4 cm³/mol. The molecule has 0 unspecified atom stereocenters. The first kappa shape index (κ1) is 16.1. The number of ether oxygens (including phenoxy) is 3. The van der Waals surface area contributed by atoms with Crippen molar-refractivity contribution in [1.82, 2.24) is 5.48 Å². The summed E-state index contributed by atoms with van der Waals surface area (Å²) in [4.78, 5) is 16.5. The monoisotopic (exact) mass is 283 g/mol. The van der Waals surface area contributed by atoms with Gasteiger partial charge in [0.1, 0.15) is 0 Å². The minimum absolute atomic E-state index is 0.377. The highest BCUT2D eigenvalue weighted by molar-refractivity contribution is 5.94. The third-order valence-electron chi connectivity index (χ3n) is 2.37. The Bertz CT molecular complexity index is 420. The topological polar surface area (TPSA) is 66.0 Å². The number of hydroxylamine groups is 1. The predicted octanol–water partition coefficient (Wildman–Crippen LogP) is 2.17. The molecule has 1 rings (SSSR count). The number of hydrogen-bond donors (Lipinski definition) is 1. The van der Waals surface area contributed by atoms with E-state index >= 15 is 0 Å². The molecule has 0 aliphatic carbocycles. The second kappa shape index (κ2) is 8.27. The Hall–Kier alpha value is -1.95. The molecule has 0 radical (unpaired) electrons. The molecule has 1 amide bonds. The van der Waals surface area contributed by atoms with Gasteiger partial charge < -0.3 is 14.2 Å². The Morgan fingerprint density at radius 2 is 1.50 bits per heavy atom. The van der Waals surface area contributed by atoms with E-state index in [1.165, 1.54) is 7.11 Å². The zero-order valence-corrected chi connectivity index (χ0v) is 12.3. The van der Waals surface area contributed by atoms with Crippen molar-refractivity contribution in [3.8, 4) is 17.2 Å². The molecule has 0 bridgehead atoms. The van der Waals surface area contributed by atoms with Gasteiger partial charge in [0.15, 0.2) is 11.5 Å². The van der Waals surface area contributed by atoms with Crippen LogP contribution in [-0.2, 0) is 4.84 Å². The van der Waals surface area contributed by atoms with E-state index in [-0.39, 0.29) is 5.91 Å². The number of rotatable bonds is 8. The summed E-state index contributed by atoms with van der Waals surface area (Å²) in [6, 6.07) is 3.21. The maximum absolute atomic E-state index is 11.8. The first-order chi connectivity index (χ1) is 9.67. The van der Waals surface area contributed by atoms with Gasteiger partial charge in [0.05, 0.1) is 26.9 Å². The van der Waals surface area contributed by atoms with Gasteiger partial charge in [-0.15, -0.1) is 0 Å². The maximum atomic E-state index is 11.8. The van der Waals surface area contributed by atoms with Crippen molar-refractivity contribution in [3.05, 3.63) is 17.7 Å². The second-order valence-electron chi connectivity index (χ2n) is 3.74. The smallest absolute Gasteiger partial charge is 0.275 e. The van der Waals surface area contributed by atoms with Crippen molar-refractivity contribution >= 4 is 5.91 Å². The fourth-order valence-corrected chi connectivity index (χ4v) is 1.67. The van der Waals surface area contributed by atoms with Gasteiger partial charge in [-0.3, -0.25) is 9.63 Å². The van der Waals surface area contributed by atoms with Crippen molar-refractivity contribution in [1.29, 1.82) is 0 Å². The molecule has 1 aromatic rings. The summed E-state index contributed by atoms with van der Waals surface area (Å²) in [6.45, 7) is 6.98. The SMILES string of the molecule is CCOc1cc(C(=O)NOC)cc(OCC)c1OCC. The van der Waals surface area contributed by atoms with Crippen LogP contribution in [0.3, 0.4) is 0 Å². The van der Waals surface area contributed by atoms with Crippen LogP contribution in [0.4, 0.5) is 0 Å². The molecule has 20 heavy (non-hydrogen) atoms. The Kier molecular flexibility index (Phi) is 6.66. The van der Waals surface area contributed by atoms with Crippen molar-refractivity contribution < 1.29 is 23.8 Å². The number of carbonyl (C=O) groups is 1. The molecule has 6 heteroatoms. The molecule has 0 spiro atoms. The highest BCUT2D eigenvalue weighted by Crippen LogP contribution is 2.39. The van der Waals surface area contributed by atoms with Crippen LogP contribution < -0.4 is 19.7 Å². The van der Waals surface area contributed by atoms with E-state index < -0.39 is 0 Å². The van der Waals surface area contributed by atoms with E-state index in [2.05, 4.69) is 10.3 Å². The molecule has 1 aromatic carbocycles. The van der Waals surface area contributed by atoms with E-state index in [9.17, 15) is 4.79 Å². The number of amides is 1. The molecule has 0 fully saturated rings. The van der Waals surface area contributed by atoms with Gasteiger partial charge in [-0.05, 0) is 32.9 Å². The quantitative estimate of drug-likeness (QED) is 0.741. The number of benzene rings is 1. The van der Waals surface area contributed by atoms with Crippen LogP contribution in [0.2, 0.25) is 0 Å².